The van der Waals surface area contributed by atoms with Gasteiger partial charge in [0.2, 0.25) is 0 Å². The highest BCUT2D eigenvalue weighted by Crippen LogP contribution is 2.12. The first-order valence-corrected chi connectivity index (χ1v) is 10.5. The number of methoxy groups -OCH3 is 1. The predicted octanol–water partition coefficient (Wildman–Crippen LogP) is 5.17. The van der Waals surface area contributed by atoms with Crippen molar-refractivity contribution in [1.29, 1.82) is 0 Å². The summed E-state index contributed by atoms with van der Waals surface area (Å²) in [4.78, 5) is 0. The minimum atomic E-state index is -0.348. The highest BCUT2D eigenvalue weighted by Gasteiger charge is 2.07. The fourth-order valence-corrected chi connectivity index (χ4v) is 4.35. The molecule has 0 saturated carbocycles. The van der Waals surface area contributed by atoms with E-state index in [9.17, 15) is 0 Å². The third kappa shape index (κ3) is 7.13. The summed E-state index contributed by atoms with van der Waals surface area (Å²) in [5.74, 6) is 0.968. The van der Waals surface area contributed by atoms with Crippen LogP contribution < -0.4 is 9.92 Å². The Labute approximate surface area is 127 Å². The van der Waals surface area contributed by atoms with E-state index in [0.29, 0.717) is 0 Å². The van der Waals surface area contributed by atoms with Crippen LogP contribution in [0.25, 0.3) is 0 Å². The molecule has 0 bridgehead atoms. The second-order valence-electron chi connectivity index (χ2n) is 5.73. The van der Waals surface area contributed by atoms with Gasteiger partial charge in [-0.2, -0.15) is 0 Å². The molecule has 0 saturated heterocycles. The van der Waals surface area contributed by atoms with Gasteiger partial charge in [-0.15, -0.1) is 0 Å². The lowest BCUT2D eigenvalue weighted by Crippen LogP contribution is -2.25. The van der Waals surface area contributed by atoms with Crippen LogP contribution in [0.4, 0.5) is 0 Å². The Balaban J connectivity index is 2.08. The third-order valence-electron chi connectivity index (χ3n) is 3.99. The molecule has 113 valence electrons. The maximum absolute atomic E-state index is 5.21. The third-order valence-corrected chi connectivity index (χ3v) is 6.41. The summed E-state index contributed by atoms with van der Waals surface area (Å²) in [6, 6.07) is 10.1. The molecule has 1 radical (unpaired) electrons. The molecule has 0 fully saturated rings. The molecule has 1 aromatic carbocycles. The summed E-state index contributed by atoms with van der Waals surface area (Å²) < 4.78 is 5.21. The van der Waals surface area contributed by atoms with Crippen molar-refractivity contribution < 1.29 is 4.74 Å². The molecule has 0 aliphatic heterocycles. The first kappa shape index (κ1) is 17.3. The van der Waals surface area contributed by atoms with E-state index < -0.39 is 0 Å². The van der Waals surface area contributed by atoms with Crippen molar-refractivity contribution in [2.75, 3.05) is 7.11 Å². The Hall–Kier alpha value is -0.763. The number of unbranched alkanes of at least 4 members (excludes halogenated alkanes) is 7. The Morgan fingerprint density at radius 1 is 0.850 bits per heavy atom. The van der Waals surface area contributed by atoms with Crippen molar-refractivity contribution in [2.45, 2.75) is 70.9 Å². The van der Waals surface area contributed by atoms with Gasteiger partial charge in [0.1, 0.15) is 5.75 Å². The fourth-order valence-electron chi connectivity index (χ4n) is 2.54. The molecule has 0 amide bonds. The summed E-state index contributed by atoms with van der Waals surface area (Å²) in [5.41, 5.74) is 0. The highest BCUT2D eigenvalue weighted by atomic mass is 28.3. The van der Waals surface area contributed by atoms with E-state index in [1.807, 2.05) is 0 Å². The molecule has 1 rings (SSSR count). The van der Waals surface area contributed by atoms with E-state index in [2.05, 4.69) is 37.7 Å². The zero-order chi connectivity index (χ0) is 14.6. The summed E-state index contributed by atoms with van der Waals surface area (Å²) in [6.07, 6.45) is 11.3. The number of hydrogen-bond donors (Lipinski definition) is 0. The lowest BCUT2D eigenvalue weighted by molar-refractivity contribution is 0.415. The van der Waals surface area contributed by atoms with Gasteiger partial charge in [-0.25, -0.2) is 0 Å². The zero-order valence-corrected chi connectivity index (χ0v) is 14.6. The molecule has 0 atom stereocenters. The largest absolute Gasteiger partial charge is 0.497 e. The molecule has 0 aliphatic carbocycles. The molecule has 1 nitrogen and oxygen atoms in total. The van der Waals surface area contributed by atoms with Crippen LogP contribution >= 0.6 is 0 Å². The molecule has 0 aliphatic rings. The van der Waals surface area contributed by atoms with Crippen molar-refractivity contribution in [2.24, 2.45) is 0 Å². The second kappa shape index (κ2) is 11.0. The number of ether oxygens (including phenoxy) is 1. The molecule has 20 heavy (non-hydrogen) atoms. The smallest absolute Gasteiger partial charge is 0.118 e. The fraction of sp³-hybridized carbons (Fsp3) is 0.667. The van der Waals surface area contributed by atoms with Crippen LogP contribution in [0.3, 0.4) is 0 Å². The minimum absolute atomic E-state index is 0.348. The first-order chi connectivity index (χ1) is 9.77. The average molecular weight is 292 g/mol. The lowest BCUT2D eigenvalue weighted by Gasteiger charge is -2.10. The standard InChI is InChI=1S/C18H31OSi/c1-4-5-6-7-8-9-10-11-16-20(3)18-14-12-17(19-2)13-15-18/h12-15H,4-11,16H2,1-3H3. The summed E-state index contributed by atoms with van der Waals surface area (Å²) in [7, 11) is 1.38. The van der Waals surface area contributed by atoms with Crippen molar-refractivity contribution in [3.63, 3.8) is 0 Å². The second-order valence-corrected chi connectivity index (χ2v) is 8.37. The Kier molecular flexibility index (Phi) is 9.47. The maximum atomic E-state index is 5.21. The van der Waals surface area contributed by atoms with Crippen molar-refractivity contribution in [3.05, 3.63) is 24.3 Å². The van der Waals surface area contributed by atoms with E-state index in [-0.39, 0.29) is 8.80 Å². The van der Waals surface area contributed by atoms with Gasteiger partial charge in [0.05, 0.1) is 15.9 Å². The van der Waals surface area contributed by atoms with Gasteiger partial charge in [0.15, 0.2) is 0 Å². The average Bonchev–Trinajstić information content (AvgIpc) is 2.50. The Morgan fingerprint density at radius 2 is 1.40 bits per heavy atom. The van der Waals surface area contributed by atoms with Crippen LogP contribution in [0.2, 0.25) is 12.6 Å². The van der Waals surface area contributed by atoms with Crippen LogP contribution in [-0.2, 0) is 0 Å². The Morgan fingerprint density at radius 3 is 1.95 bits per heavy atom. The number of benzene rings is 1. The molecule has 0 heterocycles. The normalized spacial score (nSPS) is 11.0. The van der Waals surface area contributed by atoms with E-state index in [0.717, 1.165) is 5.75 Å². The topological polar surface area (TPSA) is 9.23 Å². The predicted molar refractivity (Wildman–Crippen MR) is 91.7 cm³/mol. The molecule has 2 heteroatoms. The Bertz CT molecular complexity index is 334. The quantitative estimate of drug-likeness (QED) is 0.404. The highest BCUT2D eigenvalue weighted by molar-refractivity contribution is 6.71. The van der Waals surface area contributed by atoms with E-state index in [1.54, 1.807) is 12.3 Å². The van der Waals surface area contributed by atoms with Gasteiger partial charge in [-0.05, 0) is 12.1 Å². The first-order valence-electron chi connectivity index (χ1n) is 8.24. The van der Waals surface area contributed by atoms with Gasteiger partial charge >= 0.3 is 0 Å². The van der Waals surface area contributed by atoms with Gasteiger partial charge in [0.25, 0.3) is 0 Å². The molecular formula is C18H31OSi. The van der Waals surface area contributed by atoms with Crippen molar-refractivity contribution in [3.8, 4) is 5.75 Å². The van der Waals surface area contributed by atoms with Gasteiger partial charge in [-0.3, -0.25) is 0 Å². The van der Waals surface area contributed by atoms with Gasteiger partial charge < -0.3 is 4.74 Å². The zero-order valence-electron chi connectivity index (χ0n) is 13.6. The van der Waals surface area contributed by atoms with E-state index >= 15 is 0 Å². The summed E-state index contributed by atoms with van der Waals surface area (Å²) in [5, 5.41) is 1.54. The van der Waals surface area contributed by atoms with Crippen molar-refractivity contribution in [1.82, 2.24) is 0 Å². The van der Waals surface area contributed by atoms with E-state index in [1.165, 1.54) is 57.4 Å². The van der Waals surface area contributed by atoms with Gasteiger partial charge in [-0.1, -0.05) is 88.2 Å². The van der Waals surface area contributed by atoms with Crippen molar-refractivity contribution >= 4 is 14.0 Å². The van der Waals surface area contributed by atoms with Crippen LogP contribution in [0.1, 0.15) is 58.3 Å². The molecule has 0 aromatic heterocycles. The molecule has 0 unspecified atom stereocenters. The van der Waals surface area contributed by atoms with Crippen LogP contribution in [0.5, 0.6) is 5.75 Å². The number of rotatable bonds is 11. The SMILES string of the molecule is CCCCCCCCCC[Si](C)c1ccc(OC)cc1. The lowest BCUT2D eigenvalue weighted by atomic mass is 10.1. The van der Waals surface area contributed by atoms with Crippen LogP contribution in [0, 0.1) is 0 Å². The van der Waals surface area contributed by atoms with E-state index in [4.69, 9.17) is 4.74 Å². The molecule has 0 spiro atoms. The van der Waals surface area contributed by atoms with Crippen LogP contribution in [-0.4, -0.2) is 15.9 Å². The summed E-state index contributed by atoms with van der Waals surface area (Å²) >= 11 is 0. The maximum Gasteiger partial charge on any atom is 0.118 e. The molecule has 0 N–H and O–H groups in total. The number of hydrogen-bond acceptors (Lipinski definition) is 1. The molecular weight excluding hydrogens is 260 g/mol. The summed E-state index contributed by atoms with van der Waals surface area (Å²) in [6.45, 7) is 4.72. The minimum Gasteiger partial charge on any atom is -0.497 e. The van der Waals surface area contributed by atoms with Gasteiger partial charge in [0, 0.05) is 0 Å². The monoisotopic (exact) mass is 291 g/mol. The van der Waals surface area contributed by atoms with Crippen LogP contribution in [0.15, 0.2) is 24.3 Å². The molecule has 1 aromatic rings.